The molecule has 27 heavy (non-hydrogen) atoms. The third-order valence-corrected chi connectivity index (χ3v) is 4.16. The van der Waals surface area contributed by atoms with E-state index < -0.39 is 12.1 Å². The van der Waals surface area contributed by atoms with Crippen LogP contribution in [-0.4, -0.2) is 23.0 Å². The smallest absolute Gasteiger partial charge is 0.338 e. The van der Waals surface area contributed by atoms with Crippen molar-refractivity contribution in [3.05, 3.63) is 65.9 Å². The number of benzene rings is 2. The van der Waals surface area contributed by atoms with Crippen molar-refractivity contribution in [2.75, 3.05) is 11.1 Å². The average Bonchev–Trinajstić information content (AvgIpc) is 2.66. The Morgan fingerprint density at radius 1 is 1.15 bits per heavy atom. The van der Waals surface area contributed by atoms with Gasteiger partial charge in [-0.2, -0.15) is 0 Å². The maximum absolute atomic E-state index is 12.7. The van der Waals surface area contributed by atoms with E-state index in [9.17, 15) is 9.59 Å². The number of anilines is 2. The Morgan fingerprint density at radius 2 is 1.85 bits per heavy atom. The number of aryl methyl sites for hydroxylation is 1. The summed E-state index contributed by atoms with van der Waals surface area (Å²) < 4.78 is 5.39. The molecular weight excluding hydrogens is 342 g/mol. The summed E-state index contributed by atoms with van der Waals surface area (Å²) in [6.45, 7) is 3.65. The van der Waals surface area contributed by atoms with Gasteiger partial charge < -0.3 is 15.8 Å². The van der Waals surface area contributed by atoms with E-state index in [1.165, 1.54) is 0 Å². The molecule has 0 spiro atoms. The molecule has 3 rings (SSSR count). The molecule has 1 atom stereocenters. The lowest BCUT2D eigenvalue weighted by molar-refractivity contribution is -0.124. The Balaban J connectivity index is 1.78. The molecule has 1 aromatic heterocycles. The fraction of sp³-hybridized carbons (Fsp3) is 0.190. The third-order valence-electron chi connectivity index (χ3n) is 4.16. The second-order valence-electron chi connectivity index (χ2n) is 6.24. The van der Waals surface area contributed by atoms with Crippen LogP contribution in [0.15, 0.2) is 54.6 Å². The Morgan fingerprint density at radius 3 is 2.56 bits per heavy atom. The number of aromatic nitrogens is 1. The molecule has 0 saturated carbocycles. The van der Waals surface area contributed by atoms with Crippen molar-refractivity contribution in [3.8, 4) is 0 Å². The van der Waals surface area contributed by atoms with Crippen LogP contribution in [0, 0.1) is 6.92 Å². The number of para-hydroxylation sites is 1. The number of nitrogen functional groups attached to an aromatic ring is 1. The number of rotatable bonds is 5. The molecule has 6 nitrogen and oxygen atoms in total. The molecule has 3 N–H and O–H groups in total. The predicted molar refractivity (Wildman–Crippen MR) is 105 cm³/mol. The molecule has 1 unspecified atom stereocenters. The van der Waals surface area contributed by atoms with Crippen molar-refractivity contribution in [3.63, 3.8) is 0 Å². The first-order valence-corrected chi connectivity index (χ1v) is 8.71. The van der Waals surface area contributed by atoms with Crippen LogP contribution in [0.5, 0.6) is 0 Å². The minimum atomic E-state index is -0.901. The van der Waals surface area contributed by atoms with Crippen LogP contribution in [0.3, 0.4) is 0 Å². The summed E-state index contributed by atoms with van der Waals surface area (Å²) in [4.78, 5) is 29.4. The highest BCUT2D eigenvalue weighted by molar-refractivity contribution is 6.03. The van der Waals surface area contributed by atoms with Gasteiger partial charge in [0.25, 0.3) is 5.91 Å². The number of nitrogens with zero attached hydrogens (tertiary/aromatic N) is 1. The van der Waals surface area contributed by atoms with Crippen molar-refractivity contribution < 1.29 is 14.3 Å². The second kappa shape index (κ2) is 7.86. The van der Waals surface area contributed by atoms with Crippen LogP contribution >= 0.6 is 0 Å². The van der Waals surface area contributed by atoms with Gasteiger partial charge in [0.15, 0.2) is 6.10 Å². The van der Waals surface area contributed by atoms with Crippen molar-refractivity contribution in [1.29, 1.82) is 0 Å². The number of hydrogen-bond acceptors (Lipinski definition) is 5. The van der Waals surface area contributed by atoms with Gasteiger partial charge in [0.2, 0.25) is 0 Å². The number of amides is 1. The summed E-state index contributed by atoms with van der Waals surface area (Å²) in [5.41, 5.74) is 8.75. The molecule has 0 saturated heterocycles. The molecule has 0 aliphatic carbocycles. The van der Waals surface area contributed by atoms with Crippen LogP contribution in [-0.2, 0) is 9.53 Å². The number of nitrogens with two attached hydrogens (primary N) is 1. The molecule has 1 amide bonds. The molecule has 0 radical (unpaired) electrons. The number of carbonyl (C=O) groups is 2. The first-order valence-electron chi connectivity index (χ1n) is 8.71. The average molecular weight is 363 g/mol. The van der Waals surface area contributed by atoms with E-state index in [1.807, 2.05) is 31.2 Å². The van der Waals surface area contributed by atoms with Crippen LogP contribution in [0.4, 0.5) is 11.4 Å². The van der Waals surface area contributed by atoms with E-state index in [0.717, 1.165) is 16.6 Å². The minimum absolute atomic E-state index is 0.348. The van der Waals surface area contributed by atoms with E-state index in [4.69, 9.17) is 10.5 Å². The summed E-state index contributed by atoms with van der Waals surface area (Å²) in [5.74, 6) is -0.940. The molecule has 6 heteroatoms. The van der Waals surface area contributed by atoms with Gasteiger partial charge in [-0.25, -0.2) is 4.79 Å². The standard InChI is InChI=1S/C21H21N3O3/c1-3-19(27-21(26)14-8-10-15(22)11-9-14)20(25)24-18-12-13(2)23-17-7-5-4-6-16(17)18/h4-12,19H,3,22H2,1-2H3,(H,23,24,25). The minimum Gasteiger partial charge on any atom is -0.449 e. The predicted octanol–water partition coefficient (Wildman–Crippen LogP) is 3.70. The largest absolute Gasteiger partial charge is 0.449 e. The quantitative estimate of drug-likeness (QED) is 0.532. The van der Waals surface area contributed by atoms with E-state index in [-0.39, 0.29) is 5.91 Å². The van der Waals surface area contributed by atoms with Gasteiger partial charge in [0, 0.05) is 16.8 Å². The summed E-state index contributed by atoms with van der Waals surface area (Å²) in [6.07, 6.45) is -0.545. The molecule has 2 aromatic carbocycles. The summed E-state index contributed by atoms with van der Waals surface area (Å²) in [7, 11) is 0. The van der Waals surface area contributed by atoms with Crippen LogP contribution in [0.2, 0.25) is 0 Å². The normalized spacial score (nSPS) is 11.8. The van der Waals surface area contributed by atoms with Gasteiger partial charge in [-0.1, -0.05) is 25.1 Å². The number of hydrogen-bond donors (Lipinski definition) is 2. The lowest BCUT2D eigenvalue weighted by atomic mass is 10.1. The first-order chi connectivity index (χ1) is 13.0. The zero-order chi connectivity index (χ0) is 19.4. The second-order valence-corrected chi connectivity index (χ2v) is 6.24. The van der Waals surface area contributed by atoms with Crippen LogP contribution in [0.1, 0.15) is 29.4 Å². The van der Waals surface area contributed by atoms with Crippen molar-refractivity contribution in [1.82, 2.24) is 4.98 Å². The van der Waals surface area contributed by atoms with Gasteiger partial charge in [0.05, 0.1) is 16.8 Å². The number of pyridine rings is 1. The van der Waals surface area contributed by atoms with E-state index in [0.29, 0.717) is 23.4 Å². The van der Waals surface area contributed by atoms with Crippen LogP contribution in [0.25, 0.3) is 10.9 Å². The number of nitrogens with one attached hydrogen (secondary N) is 1. The van der Waals surface area contributed by atoms with Gasteiger partial charge >= 0.3 is 5.97 Å². The molecule has 3 aromatic rings. The summed E-state index contributed by atoms with van der Waals surface area (Å²) >= 11 is 0. The lowest BCUT2D eigenvalue weighted by Crippen LogP contribution is -2.32. The SMILES string of the molecule is CCC(OC(=O)c1ccc(N)cc1)C(=O)Nc1cc(C)nc2ccccc12. The monoisotopic (exact) mass is 363 g/mol. The number of esters is 1. The highest BCUT2D eigenvalue weighted by Gasteiger charge is 2.22. The number of ether oxygens (including phenoxy) is 1. The fourth-order valence-corrected chi connectivity index (χ4v) is 2.76. The molecule has 0 fully saturated rings. The van der Waals surface area contributed by atoms with Crippen LogP contribution < -0.4 is 11.1 Å². The topological polar surface area (TPSA) is 94.3 Å². The molecule has 1 heterocycles. The highest BCUT2D eigenvalue weighted by atomic mass is 16.5. The highest BCUT2D eigenvalue weighted by Crippen LogP contribution is 2.23. The molecule has 0 bridgehead atoms. The first kappa shape index (κ1) is 18.4. The third kappa shape index (κ3) is 4.23. The summed E-state index contributed by atoms with van der Waals surface area (Å²) in [6, 6.07) is 15.7. The van der Waals surface area contributed by atoms with E-state index in [1.54, 1.807) is 37.3 Å². The lowest BCUT2D eigenvalue weighted by Gasteiger charge is -2.17. The van der Waals surface area contributed by atoms with Crippen molar-refractivity contribution in [2.45, 2.75) is 26.4 Å². The maximum Gasteiger partial charge on any atom is 0.338 e. The Kier molecular flexibility index (Phi) is 5.35. The van der Waals surface area contributed by atoms with E-state index >= 15 is 0 Å². The van der Waals surface area contributed by atoms with Gasteiger partial charge in [0.1, 0.15) is 0 Å². The summed E-state index contributed by atoms with van der Waals surface area (Å²) in [5, 5.41) is 3.70. The van der Waals surface area contributed by atoms with Gasteiger partial charge in [-0.05, 0) is 49.7 Å². The van der Waals surface area contributed by atoms with Crippen molar-refractivity contribution >= 4 is 34.2 Å². The Labute approximate surface area is 157 Å². The van der Waals surface area contributed by atoms with Gasteiger partial charge in [-0.15, -0.1) is 0 Å². The zero-order valence-electron chi connectivity index (χ0n) is 15.2. The maximum atomic E-state index is 12.7. The Hall–Kier alpha value is -3.41. The van der Waals surface area contributed by atoms with Gasteiger partial charge in [-0.3, -0.25) is 9.78 Å². The molecular formula is C21H21N3O3. The molecule has 0 aliphatic heterocycles. The fourth-order valence-electron chi connectivity index (χ4n) is 2.76. The van der Waals surface area contributed by atoms with Crippen molar-refractivity contribution in [2.24, 2.45) is 0 Å². The number of carbonyl (C=O) groups excluding carboxylic acids is 2. The van der Waals surface area contributed by atoms with E-state index in [2.05, 4.69) is 10.3 Å². The Bertz CT molecular complexity index is 984. The molecule has 0 aliphatic rings. The zero-order valence-corrected chi connectivity index (χ0v) is 15.2. The number of fused-ring (bicyclic) bond motifs is 1. The molecule has 138 valence electrons.